The van der Waals surface area contributed by atoms with E-state index < -0.39 is 41.7 Å². The third-order valence-corrected chi connectivity index (χ3v) is 7.35. The Morgan fingerprint density at radius 2 is 1.69 bits per heavy atom. The van der Waals surface area contributed by atoms with Gasteiger partial charge in [0.1, 0.15) is 0 Å². The predicted molar refractivity (Wildman–Crippen MR) is 103 cm³/mol. The number of hydrogen-bond acceptors (Lipinski definition) is 8. The van der Waals surface area contributed by atoms with Gasteiger partial charge in [0.25, 0.3) is 11.6 Å². The van der Waals surface area contributed by atoms with E-state index in [1.165, 1.54) is 19.2 Å². The van der Waals surface area contributed by atoms with Crippen molar-refractivity contribution in [2.45, 2.75) is 45.1 Å². The molecule has 1 atom stereocenters. The number of nitriles is 2. The van der Waals surface area contributed by atoms with Crippen LogP contribution in [0, 0.1) is 38.7 Å². The Labute approximate surface area is 168 Å². The standard InChI is InChI=1S/C18H21N4O6P/c1-11(2)27-29(26,28-12(3)4)18(13(9-19)10-20)15-8-14(22(24)25)6-7-16(15)21(5)17(18)23/h6-8,11-13H,1-5H3. The van der Waals surface area contributed by atoms with Crippen LogP contribution in [0.25, 0.3) is 0 Å². The minimum Gasteiger partial charge on any atom is -0.314 e. The van der Waals surface area contributed by atoms with Gasteiger partial charge in [-0.15, -0.1) is 0 Å². The topological polar surface area (TPSA) is 147 Å². The Bertz CT molecular complexity index is 952. The van der Waals surface area contributed by atoms with Crippen LogP contribution in [0.1, 0.15) is 33.3 Å². The first-order valence-electron chi connectivity index (χ1n) is 8.79. The third kappa shape index (κ3) is 3.40. The van der Waals surface area contributed by atoms with Crippen LogP contribution in [0.15, 0.2) is 18.2 Å². The number of hydrogen-bond donors (Lipinski definition) is 0. The number of benzene rings is 1. The van der Waals surface area contributed by atoms with E-state index in [2.05, 4.69) is 0 Å². The molecule has 1 aromatic rings. The summed E-state index contributed by atoms with van der Waals surface area (Å²) >= 11 is 0. The molecular formula is C18H21N4O6P. The summed E-state index contributed by atoms with van der Waals surface area (Å²) in [5.74, 6) is -2.63. The lowest BCUT2D eigenvalue weighted by Crippen LogP contribution is -2.45. The zero-order valence-corrected chi connectivity index (χ0v) is 17.5. The molecule has 0 radical (unpaired) electrons. The van der Waals surface area contributed by atoms with Crippen molar-refractivity contribution < 1.29 is 23.3 Å². The van der Waals surface area contributed by atoms with E-state index in [1.807, 2.05) is 0 Å². The molecule has 0 spiro atoms. The second-order valence-corrected chi connectivity index (χ2v) is 9.21. The molecule has 0 saturated heterocycles. The van der Waals surface area contributed by atoms with E-state index >= 15 is 0 Å². The molecule has 10 nitrogen and oxygen atoms in total. The average molecular weight is 420 g/mol. The number of amides is 1. The maximum absolute atomic E-state index is 14.2. The molecule has 0 saturated carbocycles. The van der Waals surface area contributed by atoms with Gasteiger partial charge in [0.15, 0.2) is 5.92 Å². The maximum Gasteiger partial charge on any atom is 0.353 e. The number of nitro groups is 1. The largest absolute Gasteiger partial charge is 0.353 e. The van der Waals surface area contributed by atoms with Crippen LogP contribution < -0.4 is 4.90 Å². The van der Waals surface area contributed by atoms with Gasteiger partial charge in [-0.25, -0.2) is 0 Å². The molecule has 29 heavy (non-hydrogen) atoms. The van der Waals surface area contributed by atoms with Crippen molar-refractivity contribution in [3.63, 3.8) is 0 Å². The number of fused-ring (bicyclic) bond motifs is 1. The quantitative estimate of drug-likeness (QED) is 0.370. The SMILES string of the molecule is CC(C)OP(=O)(OC(C)C)C1(C(C#N)C#N)C(=O)N(C)c2ccc([N+](=O)[O-])cc21. The highest BCUT2D eigenvalue weighted by Crippen LogP contribution is 2.72. The van der Waals surface area contributed by atoms with Gasteiger partial charge in [0.05, 0.1) is 29.3 Å². The van der Waals surface area contributed by atoms with E-state index in [4.69, 9.17) is 9.05 Å². The van der Waals surface area contributed by atoms with Gasteiger partial charge in [-0.05, 0) is 33.8 Å². The van der Waals surface area contributed by atoms with Crippen molar-refractivity contribution in [3.05, 3.63) is 33.9 Å². The molecular weight excluding hydrogens is 399 g/mol. The number of non-ortho nitro benzene ring substituents is 1. The lowest BCUT2D eigenvalue weighted by molar-refractivity contribution is -0.384. The summed E-state index contributed by atoms with van der Waals surface area (Å²) in [7, 11) is -3.16. The van der Waals surface area contributed by atoms with E-state index in [1.54, 1.807) is 39.8 Å². The molecule has 1 heterocycles. The summed E-state index contributed by atoms with van der Waals surface area (Å²) in [4.78, 5) is 25.2. The fourth-order valence-electron chi connectivity index (χ4n) is 3.38. The van der Waals surface area contributed by atoms with Crippen molar-refractivity contribution >= 4 is 24.9 Å². The molecule has 0 N–H and O–H groups in total. The van der Waals surface area contributed by atoms with Gasteiger partial charge < -0.3 is 13.9 Å². The normalized spacial score (nSPS) is 18.8. The van der Waals surface area contributed by atoms with Crippen molar-refractivity contribution in [1.82, 2.24) is 0 Å². The van der Waals surface area contributed by atoms with E-state index in [0.29, 0.717) is 0 Å². The van der Waals surface area contributed by atoms with Gasteiger partial charge in [-0.3, -0.25) is 19.5 Å². The number of likely N-dealkylation sites (N-methyl/N-ethyl adjacent to an activating group) is 1. The molecule has 11 heteroatoms. The average Bonchev–Trinajstić information content (AvgIpc) is 2.84. The van der Waals surface area contributed by atoms with E-state index in [0.717, 1.165) is 11.0 Å². The van der Waals surface area contributed by atoms with Crippen molar-refractivity contribution in [3.8, 4) is 12.1 Å². The minimum atomic E-state index is -4.53. The lowest BCUT2D eigenvalue weighted by atomic mass is 9.87. The number of carbonyl (C=O) groups excluding carboxylic acids is 1. The molecule has 2 rings (SSSR count). The first-order chi connectivity index (χ1) is 13.5. The first-order valence-corrected chi connectivity index (χ1v) is 10.3. The summed E-state index contributed by atoms with van der Waals surface area (Å²) in [5.41, 5.74) is -0.292. The van der Waals surface area contributed by atoms with Crippen LogP contribution in [0.3, 0.4) is 0 Å². The van der Waals surface area contributed by atoms with Gasteiger partial charge in [0, 0.05) is 30.4 Å². The fraction of sp³-hybridized carbons (Fsp3) is 0.500. The summed E-state index contributed by atoms with van der Waals surface area (Å²) in [6.45, 7) is 6.26. The molecule has 154 valence electrons. The monoisotopic (exact) mass is 420 g/mol. The van der Waals surface area contributed by atoms with Crippen LogP contribution in [0.4, 0.5) is 11.4 Å². The smallest absolute Gasteiger partial charge is 0.314 e. The summed E-state index contributed by atoms with van der Waals surface area (Å²) < 4.78 is 25.4. The van der Waals surface area contributed by atoms with Crippen LogP contribution >= 0.6 is 7.60 Å². The zero-order chi connectivity index (χ0) is 22.1. The Hall–Kier alpha value is -2.78. The molecule has 1 aliphatic heterocycles. The van der Waals surface area contributed by atoms with Crippen molar-refractivity contribution in [2.75, 3.05) is 11.9 Å². The number of nitro benzene ring substituents is 1. The van der Waals surface area contributed by atoms with E-state index in [9.17, 15) is 30.0 Å². The van der Waals surface area contributed by atoms with Gasteiger partial charge in [-0.1, -0.05) is 0 Å². The Balaban J connectivity index is 3.01. The van der Waals surface area contributed by atoms with Gasteiger partial charge in [0.2, 0.25) is 5.16 Å². The highest BCUT2D eigenvalue weighted by molar-refractivity contribution is 7.56. The highest BCUT2D eigenvalue weighted by Gasteiger charge is 2.69. The number of nitrogens with zero attached hydrogens (tertiary/aromatic N) is 4. The molecule has 1 unspecified atom stereocenters. The van der Waals surface area contributed by atoms with Gasteiger partial charge in [-0.2, -0.15) is 10.5 Å². The Morgan fingerprint density at radius 3 is 2.10 bits per heavy atom. The maximum atomic E-state index is 14.2. The Morgan fingerprint density at radius 1 is 1.17 bits per heavy atom. The van der Waals surface area contributed by atoms with Crippen LogP contribution in [0.2, 0.25) is 0 Å². The number of carbonyl (C=O) groups is 1. The number of rotatable bonds is 7. The molecule has 0 aliphatic carbocycles. The summed E-state index contributed by atoms with van der Waals surface area (Å²) in [6.07, 6.45) is -1.37. The van der Waals surface area contributed by atoms with Crippen LogP contribution in [-0.2, 0) is 23.6 Å². The Kier molecular flexibility index (Phi) is 6.15. The number of anilines is 1. The molecule has 0 bridgehead atoms. The molecule has 0 fully saturated rings. The predicted octanol–water partition coefficient (Wildman–Crippen LogP) is 3.47. The molecule has 1 aliphatic rings. The zero-order valence-electron chi connectivity index (χ0n) is 16.6. The first kappa shape index (κ1) is 22.5. The van der Waals surface area contributed by atoms with Crippen molar-refractivity contribution in [1.29, 1.82) is 10.5 Å². The minimum absolute atomic E-state index is 0.100. The lowest BCUT2D eigenvalue weighted by Gasteiger charge is -2.37. The van der Waals surface area contributed by atoms with Crippen LogP contribution in [0.5, 0.6) is 0 Å². The van der Waals surface area contributed by atoms with Crippen molar-refractivity contribution in [2.24, 2.45) is 5.92 Å². The molecule has 1 amide bonds. The van der Waals surface area contributed by atoms with E-state index in [-0.39, 0.29) is 16.9 Å². The molecule has 1 aromatic carbocycles. The summed E-state index contributed by atoms with van der Waals surface area (Å²) in [6, 6.07) is 6.99. The highest BCUT2D eigenvalue weighted by atomic mass is 31.2. The van der Waals surface area contributed by atoms with Crippen LogP contribution in [-0.4, -0.2) is 30.1 Å². The fourth-order valence-corrected chi connectivity index (χ4v) is 6.16. The third-order valence-electron chi connectivity index (χ3n) is 4.40. The summed E-state index contributed by atoms with van der Waals surface area (Å²) in [5, 5.41) is 28.3. The molecule has 0 aromatic heterocycles. The second-order valence-electron chi connectivity index (χ2n) is 7.09. The van der Waals surface area contributed by atoms with Gasteiger partial charge >= 0.3 is 7.60 Å². The second kappa shape index (κ2) is 7.92.